The van der Waals surface area contributed by atoms with Crippen molar-refractivity contribution in [3.05, 3.63) is 12.0 Å². The van der Waals surface area contributed by atoms with Gasteiger partial charge in [-0.15, -0.1) is 0 Å². The van der Waals surface area contributed by atoms with Crippen molar-refractivity contribution in [2.45, 2.75) is 33.7 Å². The Bertz CT molecular complexity index is 645. The summed E-state index contributed by atoms with van der Waals surface area (Å²) < 4.78 is 1.81. The minimum atomic E-state index is 0.404. The Morgan fingerprint density at radius 2 is 2.14 bits per heavy atom. The Morgan fingerprint density at radius 3 is 2.81 bits per heavy atom. The molecular weight excluding hydrogens is 264 g/mol. The second-order valence-electron chi connectivity index (χ2n) is 6.65. The van der Waals surface area contributed by atoms with Gasteiger partial charge in [0.05, 0.1) is 18.1 Å². The monoisotopic (exact) mass is 288 g/mol. The maximum Gasteiger partial charge on any atom is 0.163 e. The van der Waals surface area contributed by atoms with Gasteiger partial charge in [0.2, 0.25) is 0 Å². The van der Waals surface area contributed by atoms with E-state index in [9.17, 15) is 0 Å². The average Bonchev–Trinajstić information content (AvgIpc) is 2.94. The van der Waals surface area contributed by atoms with Gasteiger partial charge in [-0.05, 0) is 25.3 Å². The van der Waals surface area contributed by atoms with Gasteiger partial charge in [-0.25, -0.2) is 9.97 Å². The van der Waals surface area contributed by atoms with Crippen molar-refractivity contribution < 1.29 is 0 Å². The summed E-state index contributed by atoms with van der Waals surface area (Å²) in [7, 11) is 1.92. The molecule has 2 aromatic rings. The summed E-state index contributed by atoms with van der Waals surface area (Å²) in [6, 6.07) is 0. The van der Waals surface area contributed by atoms with Crippen molar-refractivity contribution in [2.24, 2.45) is 12.5 Å². The maximum absolute atomic E-state index is 4.70. The molecular formula is C15H24N6. The fourth-order valence-corrected chi connectivity index (χ4v) is 3.00. The number of hydrogen-bond acceptors (Lipinski definition) is 5. The van der Waals surface area contributed by atoms with Crippen molar-refractivity contribution >= 4 is 16.9 Å². The summed E-state index contributed by atoms with van der Waals surface area (Å²) in [5.74, 6) is 1.77. The fraction of sp³-hybridized carbons (Fsp3) is 0.667. The SMILES string of the molecule is CCNc1nc(CN2CCC(C)(C)C2)nc2c1cnn2C. The zero-order valence-corrected chi connectivity index (χ0v) is 13.3. The number of hydrogen-bond donors (Lipinski definition) is 1. The van der Waals surface area contributed by atoms with Gasteiger partial charge in [0.1, 0.15) is 11.6 Å². The molecule has 0 spiro atoms. The molecule has 21 heavy (non-hydrogen) atoms. The zero-order chi connectivity index (χ0) is 15.0. The lowest BCUT2D eigenvalue weighted by molar-refractivity contribution is 0.279. The summed E-state index contributed by atoms with van der Waals surface area (Å²) in [5, 5.41) is 8.61. The van der Waals surface area contributed by atoms with Gasteiger partial charge in [0, 0.05) is 20.1 Å². The van der Waals surface area contributed by atoms with E-state index < -0.39 is 0 Å². The quantitative estimate of drug-likeness (QED) is 0.933. The molecule has 0 saturated carbocycles. The average molecular weight is 288 g/mol. The molecule has 114 valence electrons. The van der Waals surface area contributed by atoms with E-state index in [1.165, 1.54) is 6.42 Å². The molecule has 0 radical (unpaired) electrons. The lowest BCUT2D eigenvalue weighted by Crippen LogP contribution is -2.24. The highest BCUT2D eigenvalue weighted by Crippen LogP contribution is 2.29. The molecule has 0 atom stereocenters. The Balaban J connectivity index is 1.90. The van der Waals surface area contributed by atoms with Crippen molar-refractivity contribution in [1.29, 1.82) is 0 Å². The minimum Gasteiger partial charge on any atom is -0.370 e. The first-order valence-electron chi connectivity index (χ1n) is 7.63. The van der Waals surface area contributed by atoms with E-state index in [1.54, 1.807) is 0 Å². The highest BCUT2D eigenvalue weighted by Gasteiger charge is 2.29. The van der Waals surface area contributed by atoms with Gasteiger partial charge in [-0.1, -0.05) is 13.8 Å². The number of nitrogens with one attached hydrogen (secondary N) is 1. The van der Waals surface area contributed by atoms with Crippen LogP contribution in [0.5, 0.6) is 0 Å². The van der Waals surface area contributed by atoms with Gasteiger partial charge < -0.3 is 5.32 Å². The molecule has 1 saturated heterocycles. The molecule has 1 fully saturated rings. The first-order valence-corrected chi connectivity index (χ1v) is 7.63. The van der Waals surface area contributed by atoms with Crippen LogP contribution in [0.1, 0.15) is 33.0 Å². The Morgan fingerprint density at radius 1 is 1.33 bits per heavy atom. The summed E-state index contributed by atoms with van der Waals surface area (Å²) in [6.07, 6.45) is 3.07. The van der Waals surface area contributed by atoms with Crippen LogP contribution in [0.25, 0.3) is 11.0 Å². The zero-order valence-electron chi connectivity index (χ0n) is 13.3. The van der Waals surface area contributed by atoms with E-state index in [1.807, 2.05) is 17.9 Å². The second kappa shape index (κ2) is 5.26. The lowest BCUT2D eigenvalue weighted by Gasteiger charge is -2.19. The van der Waals surface area contributed by atoms with E-state index >= 15 is 0 Å². The molecule has 6 heteroatoms. The van der Waals surface area contributed by atoms with Crippen LogP contribution in [0.4, 0.5) is 5.82 Å². The summed E-state index contributed by atoms with van der Waals surface area (Å²) in [5.41, 5.74) is 1.30. The largest absolute Gasteiger partial charge is 0.370 e. The number of nitrogens with zero attached hydrogens (tertiary/aromatic N) is 5. The van der Waals surface area contributed by atoms with E-state index in [2.05, 4.69) is 36.1 Å². The van der Waals surface area contributed by atoms with Crippen molar-refractivity contribution in [2.75, 3.05) is 25.0 Å². The first-order chi connectivity index (χ1) is 9.98. The predicted octanol–water partition coefficient (Wildman–Crippen LogP) is 2.03. The van der Waals surface area contributed by atoms with Crippen LogP contribution in [0.2, 0.25) is 0 Å². The number of likely N-dealkylation sites (tertiary alicyclic amines) is 1. The smallest absolute Gasteiger partial charge is 0.163 e. The third-order valence-corrected chi connectivity index (χ3v) is 4.10. The Kier molecular flexibility index (Phi) is 3.57. The molecule has 0 aromatic carbocycles. The van der Waals surface area contributed by atoms with Gasteiger partial charge in [0.15, 0.2) is 5.65 Å². The van der Waals surface area contributed by atoms with E-state index in [0.717, 1.165) is 48.9 Å². The predicted molar refractivity (Wildman–Crippen MR) is 84.1 cm³/mol. The van der Waals surface area contributed by atoms with Crippen molar-refractivity contribution in [3.8, 4) is 0 Å². The van der Waals surface area contributed by atoms with Gasteiger partial charge in [-0.2, -0.15) is 5.10 Å². The van der Waals surface area contributed by atoms with Crippen LogP contribution in [-0.4, -0.2) is 44.3 Å². The van der Waals surface area contributed by atoms with E-state index in [0.29, 0.717) is 5.41 Å². The third kappa shape index (κ3) is 2.85. The number of fused-ring (bicyclic) bond motifs is 1. The highest BCUT2D eigenvalue weighted by molar-refractivity contribution is 5.86. The minimum absolute atomic E-state index is 0.404. The van der Waals surface area contributed by atoms with Crippen LogP contribution < -0.4 is 5.32 Å². The summed E-state index contributed by atoms with van der Waals surface area (Å²) in [4.78, 5) is 11.8. The molecule has 1 aliphatic rings. The summed E-state index contributed by atoms with van der Waals surface area (Å²) in [6.45, 7) is 10.6. The van der Waals surface area contributed by atoms with Crippen LogP contribution in [0, 0.1) is 5.41 Å². The van der Waals surface area contributed by atoms with E-state index in [-0.39, 0.29) is 0 Å². The summed E-state index contributed by atoms with van der Waals surface area (Å²) >= 11 is 0. The first kappa shape index (κ1) is 14.3. The standard InChI is InChI=1S/C15H24N6/c1-5-16-13-11-8-17-20(4)14(11)19-12(18-13)9-21-7-6-15(2,3)10-21/h8H,5-7,9-10H2,1-4H3,(H,16,18,19). The molecule has 1 N–H and O–H groups in total. The third-order valence-electron chi connectivity index (χ3n) is 4.10. The number of anilines is 1. The topological polar surface area (TPSA) is 58.9 Å². The van der Waals surface area contributed by atoms with Crippen LogP contribution in [0.15, 0.2) is 6.20 Å². The second-order valence-corrected chi connectivity index (χ2v) is 6.65. The molecule has 3 heterocycles. The maximum atomic E-state index is 4.70. The molecule has 1 aliphatic heterocycles. The molecule has 0 bridgehead atoms. The number of aryl methyl sites for hydroxylation is 1. The Labute approximate surface area is 125 Å². The molecule has 6 nitrogen and oxygen atoms in total. The number of rotatable bonds is 4. The van der Waals surface area contributed by atoms with Gasteiger partial charge in [-0.3, -0.25) is 9.58 Å². The van der Waals surface area contributed by atoms with E-state index in [4.69, 9.17) is 9.97 Å². The number of aromatic nitrogens is 4. The molecule has 0 unspecified atom stereocenters. The van der Waals surface area contributed by atoms with Gasteiger partial charge >= 0.3 is 0 Å². The van der Waals surface area contributed by atoms with Crippen LogP contribution in [0.3, 0.4) is 0 Å². The molecule has 0 amide bonds. The molecule has 0 aliphatic carbocycles. The van der Waals surface area contributed by atoms with Crippen molar-refractivity contribution in [1.82, 2.24) is 24.6 Å². The lowest BCUT2D eigenvalue weighted by atomic mass is 9.93. The van der Waals surface area contributed by atoms with Crippen molar-refractivity contribution in [3.63, 3.8) is 0 Å². The van der Waals surface area contributed by atoms with Crippen LogP contribution >= 0.6 is 0 Å². The van der Waals surface area contributed by atoms with Crippen LogP contribution in [-0.2, 0) is 13.6 Å². The normalized spacial score (nSPS) is 18.5. The molecule has 2 aromatic heterocycles. The fourth-order valence-electron chi connectivity index (χ4n) is 3.00. The highest BCUT2D eigenvalue weighted by atomic mass is 15.3. The van der Waals surface area contributed by atoms with Gasteiger partial charge in [0.25, 0.3) is 0 Å². The Hall–Kier alpha value is -1.69. The molecule has 3 rings (SSSR count).